The number of hydrogen-bond acceptors (Lipinski definition) is 3. The van der Waals surface area contributed by atoms with Crippen molar-refractivity contribution in [2.24, 2.45) is 0 Å². The Morgan fingerprint density at radius 2 is 2.06 bits per heavy atom. The summed E-state index contributed by atoms with van der Waals surface area (Å²) in [5, 5.41) is 3.02. The number of halogens is 1. The van der Waals surface area contributed by atoms with Crippen LogP contribution < -0.4 is 10.0 Å². The Hall–Kier alpha value is -0.980. The summed E-state index contributed by atoms with van der Waals surface area (Å²) in [7, 11) is -3.44. The molecule has 2 N–H and O–H groups in total. The molecule has 0 amide bonds. The fourth-order valence-electron chi connectivity index (χ4n) is 2.04. The molecule has 1 aliphatic heterocycles. The molecule has 1 saturated heterocycles. The van der Waals surface area contributed by atoms with Crippen LogP contribution in [0.5, 0.6) is 0 Å². The summed E-state index contributed by atoms with van der Waals surface area (Å²) in [6.45, 7) is 0.692. The maximum Gasteiger partial charge on any atom is 0.240 e. The predicted octanol–water partition coefficient (Wildman–Crippen LogP) is 1.05. The van der Waals surface area contributed by atoms with Crippen LogP contribution in [0.25, 0.3) is 0 Å². The number of benzene rings is 1. The van der Waals surface area contributed by atoms with Crippen molar-refractivity contribution in [2.45, 2.75) is 30.0 Å². The third-order valence-corrected chi connectivity index (χ3v) is 4.48. The second kappa shape index (κ2) is 5.77. The Bertz CT molecular complexity index is 478. The highest BCUT2D eigenvalue weighted by atomic mass is 32.2. The maximum absolute atomic E-state index is 12.9. The molecule has 1 fully saturated rings. The van der Waals surface area contributed by atoms with Gasteiger partial charge in [-0.05, 0) is 25.0 Å². The first-order chi connectivity index (χ1) is 8.58. The molecule has 4 nitrogen and oxygen atoms in total. The Balaban J connectivity index is 1.83. The van der Waals surface area contributed by atoms with Crippen molar-refractivity contribution in [2.75, 3.05) is 13.1 Å². The van der Waals surface area contributed by atoms with Crippen molar-refractivity contribution in [3.8, 4) is 0 Å². The number of sulfonamides is 1. The van der Waals surface area contributed by atoms with Gasteiger partial charge in [-0.2, -0.15) is 0 Å². The minimum Gasteiger partial charge on any atom is -0.311 e. The van der Waals surface area contributed by atoms with Gasteiger partial charge in [0.15, 0.2) is 0 Å². The fraction of sp³-hybridized carbons (Fsp3) is 0.500. The number of hydrogen-bond donors (Lipinski definition) is 2. The van der Waals surface area contributed by atoms with Crippen molar-refractivity contribution in [3.63, 3.8) is 0 Å². The highest BCUT2D eigenvalue weighted by Crippen LogP contribution is 2.13. The summed E-state index contributed by atoms with van der Waals surface area (Å²) in [5.74, 6) is 0. The van der Waals surface area contributed by atoms with Gasteiger partial charge in [0, 0.05) is 19.1 Å². The van der Waals surface area contributed by atoms with Crippen LogP contribution in [0.15, 0.2) is 35.2 Å². The summed E-state index contributed by atoms with van der Waals surface area (Å²) in [4.78, 5) is 0.257. The molecule has 0 unspecified atom stereocenters. The van der Waals surface area contributed by atoms with Gasteiger partial charge in [0.25, 0.3) is 0 Å². The van der Waals surface area contributed by atoms with Crippen molar-refractivity contribution in [3.05, 3.63) is 30.3 Å². The first kappa shape index (κ1) is 13.5. The van der Waals surface area contributed by atoms with E-state index < -0.39 is 16.2 Å². The fourth-order valence-corrected chi connectivity index (χ4v) is 3.11. The van der Waals surface area contributed by atoms with E-state index in [9.17, 15) is 12.8 Å². The van der Waals surface area contributed by atoms with E-state index in [2.05, 4.69) is 10.0 Å². The zero-order valence-corrected chi connectivity index (χ0v) is 10.8. The van der Waals surface area contributed by atoms with E-state index in [0.717, 1.165) is 0 Å². The predicted molar refractivity (Wildman–Crippen MR) is 67.6 cm³/mol. The summed E-state index contributed by atoms with van der Waals surface area (Å²) >= 11 is 0. The van der Waals surface area contributed by atoms with Crippen LogP contribution in [0.4, 0.5) is 4.39 Å². The van der Waals surface area contributed by atoms with Gasteiger partial charge >= 0.3 is 0 Å². The van der Waals surface area contributed by atoms with E-state index in [4.69, 9.17) is 0 Å². The Morgan fingerprint density at radius 1 is 1.33 bits per heavy atom. The summed E-state index contributed by atoms with van der Waals surface area (Å²) in [5.41, 5.74) is 0. The highest BCUT2D eigenvalue weighted by Gasteiger charge is 2.23. The van der Waals surface area contributed by atoms with Gasteiger partial charge in [-0.1, -0.05) is 18.2 Å². The Kier molecular flexibility index (Phi) is 4.31. The largest absolute Gasteiger partial charge is 0.311 e. The van der Waals surface area contributed by atoms with Crippen LogP contribution in [-0.2, 0) is 10.0 Å². The van der Waals surface area contributed by atoms with Crippen LogP contribution in [0, 0.1) is 0 Å². The lowest BCUT2D eigenvalue weighted by Gasteiger charge is -2.11. The standard InChI is InChI=1S/C12H17FN2O2S/c13-10-8-11(14-9-10)6-7-15-18(16,17)12-4-2-1-3-5-12/h1-5,10-11,14-15H,6-9H2/t10-,11-/m1/s1. The molecule has 0 saturated carbocycles. The molecule has 0 spiro atoms. The summed E-state index contributed by atoms with van der Waals surface area (Å²) in [6, 6.07) is 8.30. The lowest BCUT2D eigenvalue weighted by Crippen LogP contribution is -2.30. The van der Waals surface area contributed by atoms with Crippen LogP contribution in [0.2, 0.25) is 0 Å². The molecule has 2 atom stereocenters. The average Bonchev–Trinajstić information content (AvgIpc) is 2.76. The van der Waals surface area contributed by atoms with Crippen molar-refractivity contribution in [1.29, 1.82) is 0 Å². The Morgan fingerprint density at radius 3 is 2.67 bits per heavy atom. The van der Waals surface area contributed by atoms with Crippen LogP contribution in [0.1, 0.15) is 12.8 Å². The smallest absolute Gasteiger partial charge is 0.240 e. The lowest BCUT2D eigenvalue weighted by molar-refractivity contribution is 0.353. The van der Waals surface area contributed by atoms with Crippen LogP contribution in [0.3, 0.4) is 0 Å². The summed E-state index contributed by atoms with van der Waals surface area (Å²) < 4.78 is 39.2. The Labute approximate surface area is 107 Å². The van der Waals surface area contributed by atoms with E-state index in [1.54, 1.807) is 30.3 Å². The maximum atomic E-state index is 12.9. The number of alkyl halides is 1. The van der Waals surface area contributed by atoms with Gasteiger partial charge in [-0.15, -0.1) is 0 Å². The zero-order chi connectivity index (χ0) is 13.0. The lowest BCUT2D eigenvalue weighted by atomic mass is 10.1. The molecule has 0 radical (unpaired) electrons. The van der Waals surface area contributed by atoms with Crippen molar-refractivity contribution < 1.29 is 12.8 Å². The quantitative estimate of drug-likeness (QED) is 0.842. The van der Waals surface area contributed by atoms with E-state index in [1.165, 1.54) is 0 Å². The average molecular weight is 272 g/mol. The van der Waals surface area contributed by atoms with Crippen molar-refractivity contribution in [1.82, 2.24) is 10.0 Å². The van der Waals surface area contributed by atoms with Gasteiger partial charge in [0.1, 0.15) is 6.17 Å². The molecule has 0 aromatic heterocycles. The number of rotatable bonds is 5. The third kappa shape index (κ3) is 3.51. The highest BCUT2D eigenvalue weighted by molar-refractivity contribution is 7.89. The molecule has 1 heterocycles. The van der Waals surface area contributed by atoms with Gasteiger partial charge < -0.3 is 5.32 Å². The van der Waals surface area contributed by atoms with Gasteiger partial charge in [0.2, 0.25) is 10.0 Å². The van der Waals surface area contributed by atoms with Crippen molar-refractivity contribution >= 4 is 10.0 Å². The van der Waals surface area contributed by atoms with Crippen LogP contribution in [-0.4, -0.2) is 33.7 Å². The third-order valence-electron chi connectivity index (χ3n) is 3.01. The first-order valence-corrected chi connectivity index (χ1v) is 7.48. The van der Waals surface area contributed by atoms with Gasteiger partial charge in [0.05, 0.1) is 4.90 Å². The SMILES string of the molecule is O=S(=O)(NCC[C@@H]1C[C@@H](F)CN1)c1ccccc1. The molecular weight excluding hydrogens is 255 g/mol. The van der Waals surface area contributed by atoms with Gasteiger partial charge in [-0.3, -0.25) is 0 Å². The topological polar surface area (TPSA) is 58.2 Å². The first-order valence-electron chi connectivity index (χ1n) is 6.00. The molecule has 18 heavy (non-hydrogen) atoms. The van der Waals surface area contributed by atoms with E-state index >= 15 is 0 Å². The van der Waals surface area contributed by atoms with E-state index in [1.807, 2.05) is 0 Å². The normalized spacial score (nSPS) is 24.3. The molecule has 1 aromatic rings. The van der Waals surface area contributed by atoms with E-state index in [-0.39, 0.29) is 10.9 Å². The minimum absolute atomic E-state index is 0.0680. The molecule has 0 bridgehead atoms. The molecular formula is C12H17FN2O2S. The molecule has 100 valence electrons. The molecule has 6 heteroatoms. The molecule has 1 aromatic carbocycles. The molecule has 1 aliphatic rings. The minimum atomic E-state index is -3.44. The number of nitrogens with one attached hydrogen (secondary N) is 2. The molecule has 0 aliphatic carbocycles. The van der Waals surface area contributed by atoms with Gasteiger partial charge in [-0.25, -0.2) is 17.5 Å². The monoisotopic (exact) mass is 272 g/mol. The zero-order valence-electron chi connectivity index (χ0n) is 9.97. The summed E-state index contributed by atoms with van der Waals surface area (Å²) in [6.07, 6.45) is 0.264. The van der Waals surface area contributed by atoms with E-state index in [0.29, 0.717) is 25.9 Å². The molecule has 2 rings (SSSR count). The second-order valence-corrected chi connectivity index (χ2v) is 6.20. The van der Waals surface area contributed by atoms with Crippen LogP contribution >= 0.6 is 0 Å². The second-order valence-electron chi connectivity index (χ2n) is 4.44.